The minimum absolute atomic E-state index is 0.197. The maximum atomic E-state index is 15.1. The Hall–Kier alpha value is -3.26. The molecule has 1 unspecified atom stereocenters. The molecule has 3 aliphatic rings. The van der Waals surface area contributed by atoms with E-state index < -0.39 is 17.8 Å². The van der Waals surface area contributed by atoms with E-state index in [0.717, 1.165) is 25.2 Å². The lowest BCUT2D eigenvalue weighted by Gasteiger charge is -2.36. The number of nitrogens with zero attached hydrogens (tertiary/aromatic N) is 3. The summed E-state index contributed by atoms with van der Waals surface area (Å²) < 4.78 is 15.1. The first-order valence-corrected chi connectivity index (χ1v) is 12.3. The second-order valence-electron chi connectivity index (χ2n) is 10.0. The summed E-state index contributed by atoms with van der Waals surface area (Å²) in [4.78, 5) is 42.5. The fourth-order valence-corrected chi connectivity index (χ4v) is 5.23. The zero-order valence-corrected chi connectivity index (χ0v) is 20.2. The van der Waals surface area contributed by atoms with Crippen LogP contribution in [-0.2, 0) is 22.7 Å². The summed E-state index contributed by atoms with van der Waals surface area (Å²) in [5, 5.41) is 2.30. The molecule has 2 fully saturated rings. The van der Waals surface area contributed by atoms with Crippen LogP contribution in [0.25, 0.3) is 0 Å². The van der Waals surface area contributed by atoms with Gasteiger partial charge in [0.2, 0.25) is 11.8 Å². The number of benzene rings is 2. The molecule has 0 aliphatic carbocycles. The lowest BCUT2D eigenvalue weighted by Crippen LogP contribution is -2.52. The van der Waals surface area contributed by atoms with Gasteiger partial charge in [-0.1, -0.05) is 38.1 Å². The number of hydrogen-bond acceptors (Lipinski definition) is 5. The van der Waals surface area contributed by atoms with Gasteiger partial charge in [0.05, 0.1) is 5.69 Å². The third-order valence-electron chi connectivity index (χ3n) is 7.36. The highest BCUT2D eigenvalue weighted by Gasteiger charge is 2.40. The molecule has 7 nitrogen and oxygen atoms in total. The molecule has 0 spiro atoms. The van der Waals surface area contributed by atoms with E-state index in [1.54, 1.807) is 6.07 Å². The fraction of sp³-hybridized carbons (Fsp3) is 0.444. The monoisotopic (exact) mass is 478 g/mol. The molecule has 5 rings (SSSR count). The van der Waals surface area contributed by atoms with Gasteiger partial charge in [-0.2, -0.15) is 0 Å². The first-order valence-electron chi connectivity index (χ1n) is 12.3. The molecular formula is C27H31FN4O3. The van der Waals surface area contributed by atoms with Gasteiger partial charge in [-0.25, -0.2) is 4.39 Å². The number of piperidine rings is 1. The molecule has 2 aromatic rings. The van der Waals surface area contributed by atoms with Gasteiger partial charge in [0.25, 0.3) is 5.91 Å². The first kappa shape index (κ1) is 23.5. The normalized spacial score (nSPS) is 21.0. The first-order chi connectivity index (χ1) is 16.8. The molecule has 2 aromatic carbocycles. The van der Waals surface area contributed by atoms with Crippen LogP contribution in [0.1, 0.15) is 59.7 Å². The predicted octanol–water partition coefficient (Wildman–Crippen LogP) is 3.03. The van der Waals surface area contributed by atoms with E-state index in [0.29, 0.717) is 36.7 Å². The van der Waals surface area contributed by atoms with Gasteiger partial charge in [-0.15, -0.1) is 0 Å². The summed E-state index contributed by atoms with van der Waals surface area (Å²) in [6.07, 6.45) is 0.490. The van der Waals surface area contributed by atoms with Crippen LogP contribution >= 0.6 is 0 Å². The van der Waals surface area contributed by atoms with Crippen LogP contribution < -0.4 is 10.2 Å². The van der Waals surface area contributed by atoms with Crippen molar-refractivity contribution in [3.63, 3.8) is 0 Å². The van der Waals surface area contributed by atoms with Crippen LogP contribution in [0.3, 0.4) is 0 Å². The number of carbonyl (C=O) groups excluding carboxylic acids is 3. The second-order valence-corrected chi connectivity index (χ2v) is 10.0. The highest BCUT2D eigenvalue weighted by molar-refractivity contribution is 6.05. The number of hydrogen-bond donors (Lipinski definition) is 1. The fourth-order valence-electron chi connectivity index (χ4n) is 5.23. The number of anilines is 1. The number of amides is 3. The zero-order chi connectivity index (χ0) is 24.7. The lowest BCUT2D eigenvalue weighted by molar-refractivity contribution is -0.136. The molecule has 1 atom stereocenters. The van der Waals surface area contributed by atoms with Crippen LogP contribution in [0.15, 0.2) is 36.4 Å². The average molecular weight is 479 g/mol. The Bertz CT molecular complexity index is 1160. The van der Waals surface area contributed by atoms with Crippen LogP contribution in [0.4, 0.5) is 10.1 Å². The molecule has 8 heteroatoms. The summed E-state index contributed by atoms with van der Waals surface area (Å²) >= 11 is 0. The minimum Gasteiger partial charge on any atom is -0.367 e. The highest BCUT2D eigenvalue weighted by Crippen LogP contribution is 2.33. The van der Waals surface area contributed by atoms with Crippen molar-refractivity contribution in [2.24, 2.45) is 0 Å². The molecular weight excluding hydrogens is 447 g/mol. The Labute approximate surface area is 204 Å². The molecule has 3 amide bonds. The number of rotatable bonds is 5. The summed E-state index contributed by atoms with van der Waals surface area (Å²) in [5.41, 5.74) is 4.14. The molecule has 0 saturated carbocycles. The van der Waals surface area contributed by atoms with Crippen molar-refractivity contribution in [3.8, 4) is 0 Å². The standard InChI is InChI=1S/C27H31FN4O3/c1-17(2)19-5-3-18(4-6-19)15-30-9-11-31(12-10-30)24-13-20-16-32(27(35)21(20)14-22(24)28)23-7-8-25(33)29-26(23)34/h3-6,13-14,17,23H,7-12,15-16H2,1-2H3,(H,29,33,34). The van der Waals surface area contributed by atoms with Crippen molar-refractivity contribution >= 4 is 23.4 Å². The van der Waals surface area contributed by atoms with Gasteiger partial charge in [0.1, 0.15) is 11.9 Å². The number of carbonyl (C=O) groups is 3. The van der Waals surface area contributed by atoms with Gasteiger partial charge in [0, 0.05) is 51.3 Å². The molecule has 0 radical (unpaired) electrons. The molecule has 35 heavy (non-hydrogen) atoms. The zero-order valence-electron chi connectivity index (χ0n) is 20.2. The highest BCUT2D eigenvalue weighted by atomic mass is 19.1. The maximum Gasteiger partial charge on any atom is 0.255 e. The lowest BCUT2D eigenvalue weighted by atomic mass is 10.0. The van der Waals surface area contributed by atoms with Crippen molar-refractivity contribution in [1.82, 2.24) is 15.1 Å². The molecule has 0 aromatic heterocycles. The smallest absolute Gasteiger partial charge is 0.255 e. The Morgan fingerprint density at radius 1 is 1.03 bits per heavy atom. The quantitative estimate of drug-likeness (QED) is 0.669. The third kappa shape index (κ3) is 4.67. The van der Waals surface area contributed by atoms with E-state index in [1.807, 2.05) is 4.90 Å². The van der Waals surface area contributed by atoms with E-state index in [9.17, 15) is 14.4 Å². The van der Waals surface area contributed by atoms with E-state index >= 15 is 4.39 Å². The van der Waals surface area contributed by atoms with Crippen molar-refractivity contribution < 1.29 is 18.8 Å². The van der Waals surface area contributed by atoms with E-state index in [4.69, 9.17) is 0 Å². The van der Waals surface area contributed by atoms with Crippen LogP contribution in [0.2, 0.25) is 0 Å². The largest absolute Gasteiger partial charge is 0.367 e. The third-order valence-corrected chi connectivity index (χ3v) is 7.36. The second kappa shape index (κ2) is 9.41. The molecule has 3 heterocycles. The van der Waals surface area contributed by atoms with Crippen molar-refractivity contribution in [3.05, 3.63) is 64.5 Å². The van der Waals surface area contributed by atoms with E-state index in [1.165, 1.54) is 22.1 Å². The van der Waals surface area contributed by atoms with Crippen LogP contribution in [0.5, 0.6) is 0 Å². The average Bonchev–Trinajstić information content (AvgIpc) is 3.14. The van der Waals surface area contributed by atoms with Crippen molar-refractivity contribution in [1.29, 1.82) is 0 Å². The van der Waals surface area contributed by atoms with E-state index in [-0.39, 0.29) is 24.8 Å². The molecule has 1 N–H and O–H groups in total. The number of nitrogens with one attached hydrogen (secondary N) is 1. The summed E-state index contributed by atoms with van der Waals surface area (Å²) in [6, 6.07) is 11.1. The Kier molecular flexibility index (Phi) is 6.32. The Morgan fingerprint density at radius 3 is 2.40 bits per heavy atom. The SMILES string of the molecule is CC(C)c1ccc(CN2CCN(c3cc4c(cc3F)C(=O)N(C3CCC(=O)NC3=O)C4)CC2)cc1. The number of fused-ring (bicyclic) bond motifs is 1. The number of imide groups is 1. The molecule has 184 valence electrons. The summed E-state index contributed by atoms with van der Waals surface area (Å²) in [6.45, 7) is 8.54. The predicted molar refractivity (Wildman–Crippen MR) is 130 cm³/mol. The van der Waals surface area contributed by atoms with Crippen molar-refractivity contribution in [2.45, 2.75) is 51.7 Å². The molecule has 3 aliphatic heterocycles. The molecule has 0 bridgehead atoms. The summed E-state index contributed by atoms with van der Waals surface area (Å²) in [5.74, 6) is -1.04. The molecule has 2 saturated heterocycles. The van der Waals surface area contributed by atoms with Crippen molar-refractivity contribution in [2.75, 3.05) is 31.1 Å². The van der Waals surface area contributed by atoms with Gasteiger partial charge in [-0.05, 0) is 41.2 Å². The maximum absolute atomic E-state index is 15.1. The van der Waals surface area contributed by atoms with Gasteiger partial charge in [-0.3, -0.25) is 24.6 Å². The van der Waals surface area contributed by atoms with Gasteiger partial charge in [0.15, 0.2) is 0 Å². The Balaban J connectivity index is 1.23. The van der Waals surface area contributed by atoms with E-state index in [2.05, 4.69) is 48.3 Å². The minimum atomic E-state index is -0.697. The topological polar surface area (TPSA) is 73.0 Å². The summed E-state index contributed by atoms with van der Waals surface area (Å²) in [7, 11) is 0. The van der Waals surface area contributed by atoms with Crippen LogP contribution in [-0.4, -0.2) is 59.7 Å². The van der Waals surface area contributed by atoms with Gasteiger partial charge < -0.3 is 9.80 Å². The van der Waals surface area contributed by atoms with Gasteiger partial charge >= 0.3 is 0 Å². The number of halogens is 1. The number of piperazine rings is 1. The Morgan fingerprint density at radius 2 is 1.74 bits per heavy atom. The van der Waals surface area contributed by atoms with Crippen LogP contribution in [0, 0.1) is 5.82 Å².